The maximum atomic E-state index is 12.7. The number of carbonyl (C=O) groups is 2. The van der Waals surface area contributed by atoms with Crippen LogP contribution in [0.2, 0.25) is 0 Å². The minimum atomic E-state index is 0.0286. The van der Waals surface area contributed by atoms with Gasteiger partial charge < -0.3 is 15.5 Å². The topological polar surface area (TPSA) is 61.4 Å². The molecule has 3 amide bonds. The first kappa shape index (κ1) is 17.2. The molecule has 4 aliphatic rings. The van der Waals surface area contributed by atoms with Crippen LogP contribution in [0.15, 0.2) is 0 Å². The molecule has 0 aromatic rings. The average molecular weight is 348 g/mol. The van der Waals surface area contributed by atoms with Gasteiger partial charge in [-0.2, -0.15) is 0 Å². The lowest BCUT2D eigenvalue weighted by atomic mass is 9.75. The van der Waals surface area contributed by atoms with Gasteiger partial charge in [0.15, 0.2) is 0 Å². The van der Waals surface area contributed by atoms with Crippen LogP contribution in [0.5, 0.6) is 0 Å². The van der Waals surface area contributed by atoms with Gasteiger partial charge in [0.1, 0.15) is 0 Å². The van der Waals surface area contributed by atoms with Crippen molar-refractivity contribution in [2.24, 2.45) is 17.8 Å². The molecule has 5 nitrogen and oxygen atoms in total. The summed E-state index contributed by atoms with van der Waals surface area (Å²) in [5.41, 5.74) is 0.0711. The van der Waals surface area contributed by atoms with E-state index in [1.165, 1.54) is 44.9 Å². The lowest BCUT2D eigenvalue weighted by Crippen LogP contribution is -2.56. The maximum absolute atomic E-state index is 12.7. The minimum Gasteiger partial charge on any atom is -0.343 e. The Labute approximate surface area is 151 Å². The third-order valence-electron chi connectivity index (χ3n) is 7.34. The van der Waals surface area contributed by atoms with Crippen molar-refractivity contribution in [3.8, 4) is 0 Å². The molecule has 0 aromatic heterocycles. The van der Waals surface area contributed by atoms with Gasteiger partial charge in [-0.25, -0.2) is 4.79 Å². The predicted molar refractivity (Wildman–Crippen MR) is 97.1 cm³/mol. The van der Waals surface area contributed by atoms with Crippen LogP contribution in [0.25, 0.3) is 0 Å². The zero-order valence-corrected chi connectivity index (χ0v) is 15.6. The number of amides is 3. The summed E-state index contributed by atoms with van der Waals surface area (Å²) in [5, 5.41) is 6.61. The molecule has 140 valence electrons. The Bertz CT molecular complexity index is 525. The average Bonchev–Trinajstić information content (AvgIpc) is 2.74. The fraction of sp³-hybridized carbons (Fsp3) is 0.900. The van der Waals surface area contributed by atoms with Crippen molar-refractivity contribution >= 4 is 11.9 Å². The summed E-state index contributed by atoms with van der Waals surface area (Å²) < 4.78 is 0. The molecule has 5 heteroatoms. The SMILES string of the molecule is CCC(=O)N1CCC(NC(=O)NC23CC4CCCC(C2)C(C4)C3)CC1. The summed E-state index contributed by atoms with van der Waals surface area (Å²) in [6, 6.07) is 0.235. The molecule has 1 aliphatic heterocycles. The molecule has 3 aliphatic carbocycles. The predicted octanol–water partition coefficient (Wildman–Crippen LogP) is 3.05. The summed E-state index contributed by atoms with van der Waals surface area (Å²) in [4.78, 5) is 26.3. The molecule has 2 N–H and O–H groups in total. The van der Waals surface area contributed by atoms with Gasteiger partial charge in [0, 0.05) is 31.1 Å². The summed E-state index contributed by atoms with van der Waals surface area (Å²) >= 11 is 0. The van der Waals surface area contributed by atoms with Crippen LogP contribution in [0.1, 0.15) is 71.1 Å². The van der Waals surface area contributed by atoms with Crippen molar-refractivity contribution in [1.82, 2.24) is 15.5 Å². The van der Waals surface area contributed by atoms with Gasteiger partial charge in [0.25, 0.3) is 0 Å². The van der Waals surface area contributed by atoms with Gasteiger partial charge in [0.2, 0.25) is 5.91 Å². The molecule has 4 fully saturated rings. The molecule has 4 unspecified atom stereocenters. The number of piperidine rings is 1. The largest absolute Gasteiger partial charge is 0.343 e. The van der Waals surface area contributed by atoms with Crippen LogP contribution in [0, 0.1) is 17.8 Å². The van der Waals surface area contributed by atoms with Crippen molar-refractivity contribution in [2.45, 2.75) is 82.7 Å². The second kappa shape index (κ2) is 6.81. The standard InChI is InChI=1S/C20H33N3O2/c1-2-18(24)23-8-6-17(7-9-23)21-19(25)22-20-11-14-4-3-5-15(12-20)16(10-14)13-20/h14-17H,2-13H2,1H3,(H2,21,22,25). The Balaban J connectivity index is 1.29. The van der Waals surface area contributed by atoms with Gasteiger partial charge >= 0.3 is 6.03 Å². The van der Waals surface area contributed by atoms with E-state index in [9.17, 15) is 9.59 Å². The first-order chi connectivity index (χ1) is 12.1. The van der Waals surface area contributed by atoms with Crippen LogP contribution in [-0.2, 0) is 4.79 Å². The highest BCUT2D eigenvalue weighted by Gasteiger charge is 2.52. The number of fused-ring (bicyclic) bond motifs is 2. The number of rotatable bonds is 3. The molecule has 3 bridgehead atoms. The number of nitrogens with one attached hydrogen (secondary N) is 2. The molecule has 0 aromatic carbocycles. The fourth-order valence-corrected chi connectivity index (χ4v) is 6.27. The molecule has 3 saturated carbocycles. The van der Waals surface area contributed by atoms with Crippen LogP contribution in [-0.4, -0.2) is 41.5 Å². The molecule has 1 saturated heterocycles. The van der Waals surface area contributed by atoms with E-state index in [4.69, 9.17) is 0 Å². The second-order valence-electron chi connectivity index (χ2n) is 9.05. The number of carbonyl (C=O) groups excluding carboxylic acids is 2. The van der Waals surface area contributed by atoms with E-state index in [0.29, 0.717) is 6.42 Å². The van der Waals surface area contributed by atoms with E-state index in [1.807, 2.05) is 11.8 Å². The number of hydrogen-bond acceptors (Lipinski definition) is 2. The lowest BCUT2D eigenvalue weighted by molar-refractivity contribution is -0.131. The number of nitrogens with zero attached hydrogens (tertiary/aromatic N) is 1. The van der Waals surface area contributed by atoms with Crippen LogP contribution < -0.4 is 10.6 Å². The van der Waals surface area contributed by atoms with Gasteiger partial charge in [0.05, 0.1) is 0 Å². The van der Waals surface area contributed by atoms with E-state index >= 15 is 0 Å². The second-order valence-corrected chi connectivity index (χ2v) is 9.05. The zero-order valence-electron chi connectivity index (χ0n) is 15.6. The number of hydrogen-bond donors (Lipinski definition) is 2. The van der Waals surface area contributed by atoms with Crippen molar-refractivity contribution in [2.75, 3.05) is 13.1 Å². The van der Waals surface area contributed by atoms with Crippen LogP contribution in [0.4, 0.5) is 4.79 Å². The van der Waals surface area contributed by atoms with E-state index in [2.05, 4.69) is 10.6 Å². The molecular weight excluding hydrogens is 314 g/mol. The zero-order chi connectivity index (χ0) is 17.4. The Kier molecular flexibility index (Phi) is 4.67. The van der Waals surface area contributed by atoms with Gasteiger partial charge in [-0.15, -0.1) is 0 Å². The highest BCUT2D eigenvalue weighted by Crippen LogP contribution is 2.55. The Morgan fingerprint density at radius 3 is 2.56 bits per heavy atom. The fourth-order valence-electron chi connectivity index (χ4n) is 6.27. The molecule has 0 radical (unpaired) electrons. The highest BCUT2D eigenvalue weighted by atomic mass is 16.2. The van der Waals surface area contributed by atoms with E-state index in [-0.39, 0.29) is 23.5 Å². The third kappa shape index (κ3) is 3.52. The Hall–Kier alpha value is -1.26. The molecule has 1 heterocycles. The molecule has 4 rings (SSSR count). The summed E-state index contributed by atoms with van der Waals surface area (Å²) in [6.07, 6.45) is 11.4. The van der Waals surface area contributed by atoms with Crippen molar-refractivity contribution in [3.05, 3.63) is 0 Å². The summed E-state index contributed by atoms with van der Waals surface area (Å²) in [5.74, 6) is 2.75. The molecular formula is C20H33N3O2. The molecule has 0 spiro atoms. The van der Waals surface area contributed by atoms with E-state index in [0.717, 1.165) is 43.7 Å². The molecule has 25 heavy (non-hydrogen) atoms. The monoisotopic (exact) mass is 347 g/mol. The van der Waals surface area contributed by atoms with Gasteiger partial charge in [-0.3, -0.25) is 4.79 Å². The summed E-state index contributed by atoms with van der Waals surface area (Å²) in [7, 11) is 0. The Morgan fingerprint density at radius 2 is 1.80 bits per heavy atom. The quantitative estimate of drug-likeness (QED) is 0.824. The number of likely N-dealkylation sites (tertiary alicyclic amines) is 1. The summed E-state index contributed by atoms with van der Waals surface area (Å²) in [6.45, 7) is 3.46. The van der Waals surface area contributed by atoms with Crippen LogP contribution in [0.3, 0.4) is 0 Å². The highest BCUT2D eigenvalue weighted by molar-refractivity contribution is 5.76. The normalized spacial score (nSPS) is 37.6. The first-order valence-corrected chi connectivity index (χ1v) is 10.4. The molecule has 4 atom stereocenters. The van der Waals surface area contributed by atoms with E-state index in [1.54, 1.807) is 0 Å². The van der Waals surface area contributed by atoms with Crippen LogP contribution >= 0.6 is 0 Å². The third-order valence-corrected chi connectivity index (χ3v) is 7.34. The first-order valence-electron chi connectivity index (χ1n) is 10.4. The Morgan fingerprint density at radius 1 is 1.04 bits per heavy atom. The number of urea groups is 1. The minimum absolute atomic E-state index is 0.0286. The van der Waals surface area contributed by atoms with Gasteiger partial charge in [-0.05, 0) is 56.3 Å². The smallest absolute Gasteiger partial charge is 0.315 e. The van der Waals surface area contributed by atoms with Crippen molar-refractivity contribution in [1.29, 1.82) is 0 Å². The van der Waals surface area contributed by atoms with E-state index < -0.39 is 0 Å². The lowest BCUT2D eigenvalue weighted by Gasteiger charge is -2.39. The van der Waals surface area contributed by atoms with Crippen molar-refractivity contribution in [3.63, 3.8) is 0 Å². The van der Waals surface area contributed by atoms with Crippen molar-refractivity contribution < 1.29 is 9.59 Å². The maximum Gasteiger partial charge on any atom is 0.315 e. The van der Waals surface area contributed by atoms with Gasteiger partial charge in [-0.1, -0.05) is 26.2 Å².